The lowest BCUT2D eigenvalue weighted by molar-refractivity contribution is 0.247. The number of halogens is 2. The summed E-state index contributed by atoms with van der Waals surface area (Å²) in [5.41, 5.74) is 2.98. The Kier molecular flexibility index (Phi) is 5.03. The Hall–Kier alpha value is -2.51. The summed E-state index contributed by atoms with van der Waals surface area (Å²) in [4.78, 5) is 27.3. The Morgan fingerprint density at radius 2 is 1.86 bits per heavy atom. The van der Waals surface area contributed by atoms with Crippen molar-refractivity contribution in [3.8, 4) is 0 Å². The molecule has 1 N–H and O–H groups in total. The van der Waals surface area contributed by atoms with Crippen LogP contribution in [-0.4, -0.2) is 46.0 Å². The van der Waals surface area contributed by atoms with Crippen molar-refractivity contribution in [3.05, 3.63) is 62.5 Å². The maximum atomic E-state index is 14.9. The third kappa shape index (κ3) is 3.59. The van der Waals surface area contributed by atoms with Gasteiger partial charge in [-0.25, -0.2) is 14.4 Å². The van der Waals surface area contributed by atoms with Crippen LogP contribution in [0.25, 0.3) is 11.0 Å². The van der Waals surface area contributed by atoms with Gasteiger partial charge < -0.3 is 9.88 Å². The molecule has 1 aromatic carbocycles. The van der Waals surface area contributed by atoms with Crippen LogP contribution in [0, 0.1) is 19.7 Å². The summed E-state index contributed by atoms with van der Waals surface area (Å²) >= 11 is 6.28. The maximum Gasteiger partial charge on any atom is 0.269 e. The minimum absolute atomic E-state index is 0.171. The smallest absolute Gasteiger partial charge is 0.269 e. The molecule has 146 valence electrons. The van der Waals surface area contributed by atoms with E-state index in [1.165, 1.54) is 0 Å². The second-order valence-corrected chi connectivity index (χ2v) is 7.47. The summed E-state index contributed by atoms with van der Waals surface area (Å²) in [6, 6.07) is 7.45. The van der Waals surface area contributed by atoms with Crippen molar-refractivity contribution < 1.29 is 4.39 Å². The molecule has 0 atom stereocenters. The molecular weight excluding hydrogens is 381 g/mol. The van der Waals surface area contributed by atoms with Gasteiger partial charge in [-0.3, -0.25) is 9.69 Å². The third-order valence-electron chi connectivity index (χ3n) is 5.13. The van der Waals surface area contributed by atoms with Crippen LogP contribution in [0.4, 0.5) is 10.1 Å². The molecule has 2 aromatic heterocycles. The molecule has 1 aliphatic heterocycles. The molecule has 1 aliphatic rings. The Morgan fingerprint density at radius 1 is 1.11 bits per heavy atom. The molecule has 0 radical (unpaired) electrons. The number of hydrogen-bond donors (Lipinski definition) is 1. The zero-order valence-corrected chi connectivity index (χ0v) is 16.6. The fourth-order valence-corrected chi connectivity index (χ4v) is 3.84. The highest BCUT2D eigenvalue weighted by molar-refractivity contribution is 6.32. The molecule has 28 heavy (non-hydrogen) atoms. The van der Waals surface area contributed by atoms with Gasteiger partial charge in [0.05, 0.1) is 11.2 Å². The Bertz CT molecular complexity index is 1090. The van der Waals surface area contributed by atoms with Crippen LogP contribution in [-0.2, 0) is 6.54 Å². The molecule has 6 nitrogen and oxygen atoms in total. The van der Waals surface area contributed by atoms with E-state index in [1.807, 2.05) is 19.1 Å². The van der Waals surface area contributed by atoms with E-state index in [0.29, 0.717) is 28.5 Å². The lowest BCUT2D eigenvalue weighted by atomic mass is 10.1. The van der Waals surface area contributed by atoms with Crippen LogP contribution in [0.2, 0.25) is 5.15 Å². The first-order valence-electron chi connectivity index (χ1n) is 9.21. The molecule has 3 heterocycles. The van der Waals surface area contributed by atoms with Gasteiger partial charge in [-0.2, -0.15) is 0 Å². The van der Waals surface area contributed by atoms with Crippen LogP contribution < -0.4 is 10.5 Å². The number of fused-ring (bicyclic) bond motifs is 1. The second-order valence-electron chi connectivity index (χ2n) is 7.11. The summed E-state index contributed by atoms with van der Waals surface area (Å²) in [7, 11) is 0. The van der Waals surface area contributed by atoms with Crippen molar-refractivity contribution in [3.63, 3.8) is 0 Å². The highest BCUT2D eigenvalue weighted by Gasteiger charge is 2.21. The standard InChI is InChI=1S/C20H21ClFN5O/c1-12-3-6-16(19(21)23-12)27-9-7-26(8-10-27)11-14-4-5-15-18(17(14)22)25-20(28)13(2)24-15/h3-6H,7-11H2,1-2H3,(H,25,28). The quantitative estimate of drug-likeness (QED) is 0.683. The van der Waals surface area contributed by atoms with E-state index in [-0.39, 0.29) is 11.1 Å². The van der Waals surface area contributed by atoms with E-state index in [9.17, 15) is 9.18 Å². The first-order valence-corrected chi connectivity index (χ1v) is 9.58. The van der Waals surface area contributed by atoms with E-state index in [1.54, 1.807) is 19.1 Å². The normalized spacial score (nSPS) is 15.4. The molecule has 1 fully saturated rings. The molecule has 0 bridgehead atoms. The maximum absolute atomic E-state index is 14.9. The van der Waals surface area contributed by atoms with Gasteiger partial charge in [0.25, 0.3) is 5.56 Å². The van der Waals surface area contributed by atoms with Crippen molar-refractivity contribution in [2.75, 3.05) is 31.1 Å². The molecule has 4 rings (SSSR count). The van der Waals surface area contributed by atoms with Crippen LogP contribution >= 0.6 is 11.6 Å². The van der Waals surface area contributed by atoms with Crippen molar-refractivity contribution in [2.24, 2.45) is 0 Å². The van der Waals surface area contributed by atoms with E-state index in [0.717, 1.165) is 37.6 Å². The Balaban J connectivity index is 1.48. The molecule has 0 unspecified atom stereocenters. The van der Waals surface area contributed by atoms with Crippen LogP contribution in [0.15, 0.2) is 29.1 Å². The predicted octanol–water partition coefficient (Wildman–Crippen LogP) is 3.05. The SMILES string of the molecule is Cc1ccc(N2CCN(Cc3ccc4nc(C)c(=O)[nH]c4c3F)CC2)c(Cl)n1. The number of benzene rings is 1. The zero-order chi connectivity index (χ0) is 19.8. The van der Waals surface area contributed by atoms with Gasteiger partial charge in [-0.15, -0.1) is 0 Å². The number of rotatable bonds is 3. The Morgan fingerprint density at radius 3 is 2.57 bits per heavy atom. The number of anilines is 1. The molecule has 0 amide bonds. The van der Waals surface area contributed by atoms with Crippen LogP contribution in [0.5, 0.6) is 0 Å². The van der Waals surface area contributed by atoms with E-state index in [2.05, 4.69) is 24.8 Å². The highest BCUT2D eigenvalue weighted by Crippen LogP contribution is 2.26. The number of nitrogens with one attached hydrogen (secondary N) is 1. The van der Waals surface area contributed by atoms with Gasteiger partial charge in [-0.05, 0) is 32.0 Å². The lowest BCUT2D eigenvalue weighted by Gasteiger charge is -2.36. The number of aromatic nitrogens is 3. The van der Waals surface area contributed by atoms with Gasteiger partial charge in [0.1, 0.15) is 11.2 Å². The molecule has 0 saturated carbocycles. The topological polar surface area (TPSA) is 65.1 Å². The van der Waals surface area contributed by atoms with Gasteiger partial charge in [-0.1, -0.05) is 17.7 Å². The number of nitrogens with zero attached hydrogens (tertiary/aromatic N) is 4. The number of hydrogen-bond acceptors (Lipinski definition) is 5. The number of pyridine rings is 1. The third-order valence-corrected chi connectivity index (χ3v) is 5.41. The zero-order valence-electron chi connectivity index (χ0n) is 15.8. The molecule has 3 aromatic rings. The molecule has 0 spiro atoms. The number of H-pyrrole nitrogens is 1. The van der Waals surface area contributed by atoms with E-state index < -0.39 is 5.82 Å². The fourth-order valence-electron chi connectivity index (χ4n) is 3.52. The number of piperazine rings is 1. The van der Waals surface area contributed by atoms with Crippen LogP contribution in [0.3, 0.4) is 0 Å². The van der Waals surface area contributed by atoms with E-state index >= 15 is 0 Å². The van der Waals surface area contributed by atoms with Crippen molar-refractivity contribution in [1.82, 2.24) is 19.9 Å². The first kappa shape index (κ1) is 18.8. The number of aromatic amines is 1. The summed E-state index contributed by atoms with van der Waals surface area (Å²) in [6.45, 7) is 7.14. The van der Waals surface area contributed by atoms with Gasteiger partial charge in [0, 0.05) is 44.0 Å². The first-order chi connectivity index (χ1) is 13.4. The average Bonchev–Trinajstić information content (AvgIpc) is 2.67. The average molecular weight is 402 g/mol. The molecular formula is C20H21ClFN5O. The number of aryl methyl sites for hydroxylation is 2. The van der Waals surface area contributed by atoms with Gasteiger partial charge >= 0.3 is 0 Å². The fraction of sp³-hybridized carbons (Fsp3) is 0.350. The van der Waals surface area contributed by atoms with Crippen molar-refractivity contribution in [2.45, 2.75) is 20.4 Å². The minimum Gasteiger partial charge on any atom is -0.366 e. The Labute approximate surface area is 167 Å². The molecule has 0 aliphatic carbocycles. The monoisotopic (exact) mass is 401 g/mol. The van der Waals surface area contributed by atoms with Gasteiger partial charge in [0.15, 0.2) is 11.0 Å². The summed E-state index contributed by atoms with van der Waals surface area (Å²) in [5.74, 6) is -0.407. The highest BCUT2D eigenvalue weighted by atomic mass is 35.5. The largest absolute Gasteiger partial charge is 0.366 e. The van der Waals surface area contributed by atoms with E-state index in [4.69, 9.17) is 11.6 Å². The summed E-state index contributed by atoms with van der Waals surface area (Å²) in [6.07, 6.45) is 0. The van der Waals surface area contributed by atoms with Crippen molar-refractivity contribution >= 4 is 28.3 Å². The van der Waals surface area contributed by atoms with Crippen molar-refractivity contribution in [1.29, 1.82) is 0 Å². The second kappa shape index (κ2) is 7.48. The summed E-state index contributed by atoms with van der Waals surface area (Å²) in [5, 5.41) is 0.515. The lowest BCUT2D eigenvalue weighted by Crippen LogP contribution is -2.46. The van der Waals surface area contributed by atoms with Gasteiger partial charge in [0.2, 0.25) is 0 Å². The molecule has 8 heteroatoms. The molecule has 1 saturated heterocycles. The minimum atomic E-state index is -0.407. The van der Waals surface area contributed by atoms with Crippen LogP contribution in [0.1, 0.15) is 17.0 Å². The summed E-state index contributed by atoms with van der Waals surface area (Å²) < 4.78 is 14.9. The predicted molar refractivity (Wildman–Crippen MR) is 109 cm³/mol.